The normalized spacial score (nSPS) is 17.6. The fourth-order valence-electron chi connectivity index (χ4n) is 2.14. The first-order valence-electron chi connectivity index (χ1n) is 6.76. The van der Waals surface area contributed by atoms with Gasteiger partial charge in [-0.25, -0.2) is 0 Å². The molecular formula is C16H18N2O2. The van der Waals surface area contributed by atoms with Gasteiger partial charge in [-0.3, -0.25) is 4.98 Å². The van der Waals surface area contributed by atoms with Crippen LogP contribution >= 0.6 is 0 Å². The number of anilines is 1. The van der Waals surface area contributed by atoms with Crippen LogP contribution in [0.1, 0.15) is 12.6 Å². The number of hydrogen-bond acceptors (Lipinski definition) is 4. The van der Waals surface area contributed by atoms with Gasteiger partial charge in [0.25, 0.3) is 0 Å². The Morgan fingerprint density at radius 2 is 1.85 bits per heavy atom. The van der Waals surface area contributed by atoms with E-state index in [-0.39, 0.29) is 0 Å². The van der Waals surface area contributed by atoms with Crippen molar-refractivity contribution in [3.8, 4) is 22.8 Å². The van der Waals surface area contributed by atoms with E-state index in [0.29, 0.717) is 24.8 Å². The maximum atomic E-state index is 5.81. The van der Waals surface area contributed by atoms with Crippen molar-refractivity contribution in [2.24, 2.45) is 5.92 Å². The minimum Gasteiger partial charge on any atom is -0.489 e. The Bertz CT molecular complexity index is 640. The summed E-state index contributed by atoms with van der Waals surface area (Å²) in [6, 6.07) is 9.71. The number of hydrogen-bond donors (Lipinski definition) is 1. The van der Waals surface area contributed by atoms with Crippen LogP contribution in [-0.2, 0) is 0 Å². The average Bonchev–Trinajstić information content (AvgIpc) is 2.64. The second-order valence-corrected chi connectivity index (χ2v) is 5.26. The van der Waals surface area contributed by atoms with Crippen LogP contribution in [0.2, 0.25) is 0 Å². The van der Waals surface area contributed by atoms with Crippen molar-refractivity contribution in [3.63, 3.8) is 0 Å². The summed E-state index contributed by atoms with van der Waals surface area (Å²) in [4.78, 5) is 4.51. The summed E-state index contributed by atoms with van der Waals surface area (Å²) < 4.78 is 11.5. The zero-order chi connectivity index (χ0) is 14.1. The summed E-state index contributed by atoms with van der Waals surface area (Å²) in [6.45, 7) is 5.37. The molecule has 2 aromatic rings. The van der Waals surface area contributed by atoms with E-state index in [1.807, 2.05) is 37.3 Å². The monoisotopic (exact) mass is 270 g/mol. The molecule has 1 aliphatic heterocycles. The lowest BCUT2D eigenvalue weighted by atomic mass is 10.1. The lowest BCUT2D eigenvalue weighted by Crippen LogP contribution is -2.12. The summed E-state index contributed by atoms with van der Waals surface area (Å²) >= 11 is 0. The Morgan fingerprint density at radius 1 is 1.10 bits per heavy atom. The fourth-order valence-corrected chi connectivity index (χ4v) is 2.14. The van der Waals surface area contributed by atoms with E-state index >= 15 is 0 Å². The van der Waals surface area contributed by atoms with Crippen LogP contribution in [0.4, 0.5) is 5.69 Å². The average molecular weight is 270 g/mol. The van der Waals surface area contributed by atoms with Crippen molar-refractivity contribution < 1.29 is 9.47 Å². The molecule has 0 saturated carbocycles. The highest BCUT2D eigenvalue weighted by atomic mass is 16.5. The van der Waals surface area contributed by atoms with Gasteiger partial charge in [-0.1, -0.05) is 6.92 Å². The highest BCUT2D eigenvalue weighted by Crippen LogP contribution is 2.34. The summed E-state index contributed by atoms with van der Waals surface area (Å²) in [7, 11) is 0. The van der Waals surface area contributed by atoms with Crippen LogP contribution < -0.4 is 15.2 Å². The topological polar surface area (TPSA) is 57.4 Å². The number of fused-ring (bicyclic) bond motifs is 1. The van der Waals surface area contributed by atoms with Crippen LogP contribution in [0, 0.1) is 12.8 Å². The first kappa shape index (κ1) is 12.8. The number of nitrogens with zero attached hydrogens (tertiary/aromatic N) is 1. The predicted octanol–water partition coefficient (Wildman–Crippen LogP) is 3.05. The van der Waals surface area contributed by atoms with Crippen molar-refractivity contribution in [1.29, 1.82) is 0 Å². The molecule has 0 radical (unpaired) electrons. The number of aromatic nitrogens is 1. The van der Waals surface area contributed by atoms with Gasteiger partial charge in [-0.05, 0) is 37.3 Å². The van der Waals surface area contributed by atoms with Gasteiger partial charge in [0.2, 0.25) is 0 Å². The number of ether oxygens (including phenoxy) is 2. The number of nitrogens with two attached hydrogens (primary N) is 1. The summed E-state index contributed by atoms with van der Waals surface area (Å²) in [5.41, 5.74) is 9.24. The van der Waals surface area contributed by atoms with Gasteiger partial charge in [0.05, 0.1) is 30.3 Å². The van der Waals surface area contributed by atoms with Crippen LogP contribution in [0.3, 0.4) is 0 Å². The third-order valence-electron chi connectivity index (χ3n) is 3.41. The van der Waals surface area contributed by atoms with Gasteiger partial charge in [0.1, 0.15) is 0 Å². The standard InChI is InChI=1S/C16H18N2O2/c1-10-8-19-15-6-3-12(7-16(15)20-9-10)14-5-4-13(17)11(2)18-14/h3-7,10H,8-9,17H2,1-2H3. The molecule has 0 spiro atoms. The summed E-state index contributed by atoms with van der Waals surface area (Å²) in [5, 5.41) is 0. The maximum absolute atomic E-state index is 5.81. The molecule has 1 aliphatic rings. The Labute approximate surface area is 118 Å². The van der Waals surface area contributed by atoms with Crippen molar-refractivity contribution in [1.82, 2.24) is 4.98 Å². The number of rotatable bonds is 1. The molecule has 104 valence electrons. The Morgan fingerprint density at radius 3 is 2.60 bits per heavy atom. The van der Waals surface area contributed by atoms with Gasteiger partial charge < -0.3 is 15.2 Å². The molecule has 2 N–H and O–H groups in total. The van der Waals surface area contributed by atoms with Crippen LogP contribution in [0.5, 0.6) is 11.5 Å². The molecule has 0 aliphatic carbocycles. The Balaban J connectivity index is 1.97. The molecule has 0 saturated heterocycles. The van der Waals surface area contributed by atoms with E-state index in [1.165, 1.54) is 0 Å². The minimum atomic E-state index is 0.391. The first-order chi connectivity index (χ1) is 9.63. The van der Waals surface area contributed by atoms with Crippen molar-refractivity contribution >= 4 is 5.69 Å². The molecule has 0 amide bonds. The molecule has 1 atom stereocenters. The third-order valence-corrected chi connectivity index (χ3v) is 3.41. The quantitative estimate of drug-likeness (QED) is 0.865. The molecule has 4 nitrogen and oxygen atoms in total. The zero-order valence-corrected chi connectivity index (χ0v) is 11.7. The Hall–Kier alpha value is -2.23. The SMILES string of the molecule is Cc1nc(-c2ccc3c(c2)OCC(C)CO3)ccc1N. The number of benzene rings is 1. The molecule has 4 heteroatoms. The molecule has 20 heavy (non-hydrogen) atoms. The summed E-state index contributed by atoms with van der Waals surface area (Å²) in [6.07, 6.45) is 0. The van der Waals surface area contributed by atoms with Gasteiger partial charge in [0.15, 0.2) is 11.5 Å². The van der Waals surface area contributed by atoms with E-state index in [9.17, 15) is 0 Å². The maximum Gasteiger partial charge on any atom is 0.161 e. The smallest absolute Gasteiger partial charge is 0.161 e. The molecule has 0 fully saturated rings. The highest BCUT2D eigenvalue weighted by molar-refractivity contribution is 5.65. The Kier molecular flexibility index (Phi) is 3.22. The molecule has 1 aromatic heterocycles. The van der Waals surface area contributed by atoms with Crippen molar-refractivity contribution in [3.05, 3.63) is 36.0 Å². The lowest BCUT2D eigenvalue weighted by Gasteiger charge is -2.10. The zero-order valence-electron chi connectivity index (χ0n) is 11.7. The second-order valence-electron chi connectivity index (χ2n) is 5.26. The highest BCUT2D eigenvalue weighted by Gasteiger charge is 2.16. The summed E-state index contributed by atoms with van der Waals surface area (Å²) in [5.74, 6) is 1.97. The van der Waals surface area contributed by atoms with E-state index in [2.05, 4.69) is 11.9 Å². The minimum absolute atomic E-state index is 0.391. The van der Waals surface area contributed by atoms with Gasteiger partial charge in [-0.2, -0.15) is 0 Å². The largest absolute Gasteiger partial charge is 0.489 e. The van der Waals surface area contributed by atoms with Crippen LogP contribution in [-0.4, -0.2) is 18.2 Å². The van der Waals surface area contributed by atoms with Gasteiger partial charge >= 0.3 is 0 Å². The number of aryl methyl sites for hydroxylation is 1. The molecule has 2 heterocycles. The van der Waals surface area contributed by atoms with Crippen LogP contribution in [0.25, 0.3) is 11.3 Å². The molecule has 3 rings (SSSR count). The molecular weight excluding hydrogens is 252 g/mol. The second kappa shape index (κ2) is 5.04. The fraction of sp³-hybridized carbons (Fsp3) is 0.312. The van der Waals surface area contributed by atoms with E-state index < -0.39 is 0 Å². The van der Waals surface area contributed by atoms with Gasteiger partial charge in [0, 0.05) is 11.5 Å². The van der Waals surface area contributed by atoms with Crippen LogP contribution in [0.15, 0.2) is 30.3 Å². The van der Waals surface area contributed by atoms with E-state index in [4.69, 9.17) is 15.2 Å². The van der Waals surface area contributed by atoms with E-state index in [1.54, 1.807) is 0 Å². The third kappa shape index (κ3) is 2.41. The van der Waals surface area contributed by atoms with Crippen molar-refractivity contribution in [2.75, 3.05) is 18.9 Å². The lowest BCUT2D eigenvalue weighted by molar-refractivity contribution is 0.228. The molecule has 1 aromatic carbocycles. The van der Waals surface area contributed by atoms with Gasteiger partial charge in [-0.15, -0.1) is 0 Å². The predicted molar refractivity (Wildman–Crippen MR) is 79.0 cm³/mol. The molecule has 0 bridgehead atoms. The number of pyridine rings is 1. The van der Waals surface area contributed by atoms with Crippen molar-refractivity contribution in [2.45, 2.75) is 13.8 Å². The molecule has 1 unspecified atom stereocenters. The van der Waals surface area contributed by atoms with E-state index in [0.717, 1.165) is 28.5 Å². The first-order valence-corrected chi connectivity index (χ1v) is 6.76. The number of nitrogen functional groups attached to an aromatic ring is 1.